The Kier molecular flexibility index (Phi) is 6.25. The molecule has 0 saturated carbocycles. The molecule has 7 heteroatoms. The summed E-state index contributed by atoms with van der Waals surface area (Å²) in [6, 6.07) is -0.404. The van der Waals surface area contributed by atoms with Gasteiger partial charge >= 0.3 is 12.2 Å². The van der Waals surface area contributed by atoms with E-state index in [4.69, 9.17) is 9.47 Å². The third kappa shape index (κ3) is 6.76. The summed E-state index contributed by atoms with van der Waals surface area (Å²) in [5.41, 5.74) is -1.20. The maximum absolute atomic E-state index is 12.4. The van der Waals surface area contributed by atoms with E-state index in [2.05, 4.69) is 0 Å². The lowest BCUT2D eigenvalue weighted by atomic mass is 10.1. The molecule has 24 heavy (non-hydrogen) atoms. The number of rotatable bonds is 2. The van der Waals surface area contributed by atoms with Crippen molar-refractivity contribution in [2.24, 2.45) is 0 Å². The average molecular weight is 342 g/mol. The maximum atomic E-state index is 12.4. The smallest absolute Gasteiger partial charge is 0.410 e. The van der Waals surface area contributed by atoms with Gasteiger partial charge in [-0.15, -0.1) is 0 Å². The van der Waals surface area contributed by atoms with Crippen molar-refractivity contribution in [3.05, 3.63) is 0 Å². The molecule has 1 heterocycles. The molecule has 7 nitrogen and oxygen atoms in total. The van der Waals surface area contributed by atoms with Gasteiger partial charge < -0.3 is 19.3 Å². The van der Waals surface area contributed by atoms with Gasteiger partial charge in [0.05, 0.1) is 6.04 Å². The van der Waals surface area contributed by atoms with Crippen molar-refractivity contribution in [3.8, 4) is 0 Å². The molecule has 1 saturated heterocycles. The number of piperazine rings is 1. The minimum atomic E-state index is -0.611. The van der Waals surface area contributed by atoms with Gasteiger partial charge in [0.15, 0.2) is 0 Å². The Hall–Kier alpha value is -1.79. The molecule has 0 spiro atoms. The van der Waals surface area contributed by atoms with E-state index in [1.54, 1.807) is 46.4 Å². The summed E-state index contributed by atoms with van der Waals surface area (Å²) in [6.45, 7) is 13.2. The van der Waals surface area contributed by atoms with Gasteiger partial charge in [-0.2, -0.15) is 0 Å². The van der Waals surface area contributed by atoms with Gasteiger partial charge in [0.25, 0.3) is 0 Å². The summed E-state index contributed by atoms with van der Waals surface area (Å²) >= 11 is 0. The van der Waals surface area contributed by atoms with E-state index in [1.165, 1.54) is 11.8 Å². The summed E-state index contributed by atoms with van der Waals surface area (Å²) in [7, 11) is 0. The number of carbonyl (C=O) groups is 3. The summed E-state index contributed by atoms with van der Waals surface area (Å²) < 4.78 is 10.8. The molecule has 0 bridgehead atoms. The number of nitrogens with zero attached hydrogens (tertiary/aromatic N) is 2. The Morgan fingerprint density at radius 2 is 1.42 bits per heavy atom. The molecule has 0 unspecified atom stereocenters. The first kappa shape index (κ1) is 20.3. The molecule has 0 aromatic carbocycles. The van der Waals surface area contributed by atoms with Crippen molar-refractivity contribution in [2.75, 3.05) is 19.6 Å². The van der Waals surface area contributed by atoms with Crippen LogP contribution in [0.5, 0.6) is 0 Å². The minimum Gasteiger partial charge on any atom is -0.444 e. The molecule has 138 valence electrons. The van der Waals surface area contributed by atoms with Gasteiger partial charge in [-0.05, 0) is 48.5 Å². The highest BCUT2D eigenvalue weighted by molar-refractivity contribution is 5.78. The van der Waals surface area contributed by atoms with Crippen LogP contribution < -0.4 is 0 Å². The van der Waals surface area contributed by atoms with Crippen molar-refractivity contribution in [3.63, 3.8) is 0 Å². The predicted octanol–water partition coefficient (Wildman–Crippen LogP) is 2.82. The van der Waals surface area contributed by atoms with Gasteiger partial charge in [0.2, 0.25) is 0 Å². The van der Waals surface area contributed by atoms with Crippen LogP contribution >= 0.6 is 0 Å². The molecule has 0 aromatic rings. The molecule has 1 atom stereocenters. The van der Waals surface area contributed by atoms with Crippen LogP contribution in [0.15, 0.2) is 0 Å². The van der Waals surface area contributed by atoms with Crippen LogP contribution in [0.1, 0.15) is 54.9 Å². The lowest BCUT2D eigenvalue weighted by molar-refractivity contribution is -0.118. The van der Waals surface area contributed by atoms with Crippen LogP contribution in [-0.4, -0.2) is 64.6 Å². The Balaban J connectivity index is 2.82. The Bertz CT molecular complexity index is 490. The standard InChI is InChI=1S/C17H30N2O5/c1-12(20)10-13-11-18(14(21)23-16(2,3)4)8-9-19(13)15(22)24-17(5,6)7/h13H,8-11H2,1-7H3/t13-/m0/s1. The monoisotopic (exact) mass is 342 g/mol. The Labute approximate surface area is 144 Å². The van der Waals surface area contributed by atoms with Gasteiger partial charge in [-0.25, -0.2) is 9.59 Å². The number of Topliss-reactive ketones (excluding diaryl/α,β-unsaturated/α-hetero) is 1. The first-order chi connectivity index (χ1) is 10.8. The highest BCUT2D eigenvalue weighted by Gasteiger charge is 2.36. The molecule has 0 aromatic heterocycles. The molecule has 1 aliphatic heterocycles. The Morgan fingerprint density at radius 1 is 0.917 bits per heavy atom. The van der Waals surface area contributed by atoms with E-state index in [9.17, 15) is 14.4 Å². The van der Waals surface area contributed by atoms with Crippen LogP contribution in [0.25, 0.3) is 0 Å². The second-order valence-corrected chi connectivity index (χ2v) is 8.16. The molecule has 1 rings (SSSR count). The molecule has 2 amide bonds. The van der Waals surface area contributed by atoms with Crippen LogP contribution in [0.3, 0.4) is 0 Å². The fraction of sp³-hybridized carbons (Fsp3) is 0.824. The SMILES string of the molecule is CC(=O)C[C@H]1CN(C(=O)OC(C)(C)C)CCN1C(=O)OC(C)(C)C. The number of hydrogen-bond acceptors (Lipinski definition) is 5. The third-order valence-corrected chi connectivity index (χ3v) is 3.29. The second kappa shape index (κ2) is 7.40. The van der Waals surface area contributed by atoms with Crippen LogP contribution in [0.4, 0.5) is 9.59 Å². The lowest BCUT2D eigenvalue weighted by Crippen LogP contribution is -2.58. The van der Waals surface area contributed by atoms with Crippen LogP contribution in [-0.2, 0) is 14.3 Å². The third-order valence-electron chi connectivity index (χ3n) is 3.29. The number of ether oxygens (including phenoxy) is 2. The predicted molar refractivity (Wildman–Crippen MR) is 89.8 cm³/mol. The fourth-order valence-corrected chi connectivity index (χ4v) is 2.42. The van der Waals surface area contributed by atoms with Gasteiger partial charge in [-0.1, -0.05) is 0 Å². The highest BCUT2D eigenvalue weighted by atomic mass is 16.6. The van der Waals surface area contributed by atoms with E-state index in [-0.39, 0.29) is 18.7 Å². The zero-order valence-electron chi connectivity index (χ0n) is 15.8. The average Bonchev–Trinajstić information content (AvgIpc) is 2.33. The minimum absolute atomic E-state index is 0.0420. The van der Waals surface area contributed by atoms with Crippen LogP contribution in [0, 0.1) is 0 Å². The summed E-state index contributed by atoms with van der Waals surface area (Å²) in [4.78, 5) is 39.2. The second-order valence-electron chi connectivity index (χ2n) is 8.16. The fourth-order valence-electron chi connectivity index (χ4n) is 2.42. The first-order valence-corrected chi connectivity index (χ1v) is 8.25. The number of carbonyl (C=O) groups excluding carboxylic acids is 3. The molecule has 1 fully saturated rings. The zero-order valence-corrected chi connectivity index (χ0v) is 15.8. The molecule has 1 aliphatic rings. The number of amides is 2. The van der Waals surface area contributed by atoms with Gasteiger partial charge in [0, 0.05) is 26.1 Å². The summed E-state index contributed by atoms with van der Waals surface area (Å²) in [5, 5.41) is 0. The van der Waals surface area contributed by atoms with E-state index >= 15 is 0 Å². The normalized spacial score (nSPS) is 19.0. The topological polar surface area (TPSA) is 76.2 Å². The first-order valence-electron chi connectivity index (χ1n) is 8.25. The number of hydrogen-bond donors (Lipinski definition) is 0. The van der Waals surface area contributed by atoms with Crippen LogP contribution in [0.2, 0.25) is 0 Å². The van der Waals surface area contributed by atoms with Crippen molar-refractivity contribution in [1.29, 1.82) is 0 Å². The van der Waals surface area contributed by atoms with Crippen molar-refractivity contribution < 1.29 is 23.9 Å². The van der Waals surface area contributed by atoms with E-state index in [0.29, 0.717) is 13.1 Å². The van der Waals surface area contributed by atoms with Crippen molar-refractivity contribution in [2.45, 2.75) is 72.1 Å². The molecular formula is C17H30N2O5. The van der Waals surface area contributed by atoms with E-state index < -0.39 is 29.4 Å². The van der Waals surface area contributed by atoms with Crippen molar-refractivity contribution >= 4 is 18.0 Å². The quantitative estimate of drug-likeness (QED) is 0.771. The van der Waals surface area contributed by atoms with E-state index in [1.807, 2.05) is 0 Å². The molecule has 0 radical (unpaired) electrons. The van der Waals surface area contributed by atoms with E-state index in [0.717, 1.165) is 0 Å². The maximum Gasteiger partial charge on any atom is 0.410 e. The molecule has 0 aliphatic carbocycles. The summed E-state index contributed by atoms with van der Waals surface area (Å²) in [6.07, 6.45) is -0.712. The van der Waals surface area contributed by atoms with Gasteiger partial charge in [0.1, 0.15) is 17.0 Å². The lowest BCUT2D eigenvalue weighted by Gasteiger charge is -2.41. The molecular weight excluding hydrogens is 312 g/mol. The van der Waals surface area contributed by atoms with Gasteiger partial charge in [-0.3, -0.25) is 4.79 Å². The van der Waals surface area contributed by atoms with Crippen molar-refractivity contribution in [1.82, 2.24) is 9.80 Å². The molecule has 0 N–H and O–H groups in total. The Morgan fingerprint density at radius 3 is 1.88 bits per heavy atom. The number of ketones is 1. The zero-order chi connectivity index (χ0) is 18.7. The largest absolute Gasteiger partial charge is 0.444 e. The summed E-state index contributed by atoms with van der Waals surface area (Å²) in [5.74, 6) is -0.0420. The highest BCUT2D eigenvalue weighted by Crippen LogP contribution is 2.20.